The molecule has 2 unspecified atom stereocenters. The normalized spacial score (nSPS) is 20.1. The van der Waals surface area contributed by atoms with E-state index in [1.165, 1.54) is 16.4 Å². The fourth-order valence-electron chi connectivity index (χ4n) is 9.43. The summed E-state index contributed by atoms with van der Waals surface area (Å²) in [5, 5.41) is 2.18. The van der Waals surface area contributed by atoms with Crippen LogP contribution < -0.4 is 10.4 Å². The molecule has 0 radical (unpaired) electrons. The Morgan fingerprint density at radius 1 is 0.689 bits per heavy atom. The van der Waals surface area contributed by atoms with Crippen molar-refractivity contribution in [3.8, 4) is 0 Å². The van der Waals surface area contributed by atoms with Gasteiger partial charge in [0.15, 0.2) is 30.3 Å². The molecular weight excluding hydrogens is 953 g/mol. The van der Waals surface area contributed by atoms with E-state index in [-0.39, 0.29) is 30.5 Å². The van der Waals surface area contributed by atoms with Gasteiger partial charge in [-0.3, -0.25) is 19.2 Å². The van der Waals surface area contributed by atoms with E-state index in [4.69, 9.17) is 28.1 Å². The molecule has 0 N–H and O–H groups in total. The minimum atomic E-state index is -2.82. The van der Waals surface area contributed by atoms with Crippen molar-refractivity contribution >= 4 is 48.5 Å². The number of unbranched alkanes of at least 4 members (excludes halogenated alkanes) is 3. The molecule has 0 saturated carbocycles. The number of ketones is 1. The average Bonchev–Trinajstić information content (AvgIpc) is 3.33. The highest BCUT2D eigenvalue weighted by Gasteiger charge is 2.53. The van der Waals surface area contributed by atoms with Gasteiger partial charge in [0.1, 0.15) is 6.61 Å². The number of carbonyl (C=O) groups excluding carboxylic acids is 5. The summed E-state index contributed by atoms with van der Waals surface area (Å²) < 4.78 is 38.7. The van der Waals surface area contributed by atoms with Crippen LogP contribution in [-0.4, -0.2) is 104 Å². The van der Waals surface area contributed by atoms with E-state index in [0.29, 0.717) is 38.8 Å². The first kappa shape index (κ1) is 59.6. The van der Waals surface area contributed by atoms with Crippen molar-refractivity contribution in [2.75, 3.05) is 19.8 Å². The molecule has 6 atom stereocenters. The van der Waals surface area contributed by atoms with E-state index in [2.05, 4.69) is 76.2 Å². The number of nitrogens with zero attached hydrogens (tertiary/aromatic N) is 2. The second-order valence-corrected chi connectivity index (χ2v) is 28.4. The molecule has 3 aromatic rings. The molecule has 14 heteroatoms. The van der Waals surface area contributed by atoms with Crippen molar-refractivity contribution < 1.29 is 52.1 Å². The molecule has 1 fully saturated rings. The van der Waals surface area contributed by atoms with Gasteiger partial charge in [-0.2, -0.15) is 0 Å². The highest BCUT2D eigenvalue weighted by atomic mass is 28.4. The number of esters is 3. The second-order valence-electron chi connectivity index (χ2n) is 24.1. The Morgan fingerprint density at radius 2 is 1.22 bits per heavy atom. The van der Waals surface area contributed by atoms with E-state index in [0.717, 1.165) is 24.8 Å². The van der Waals surface area contributed by atoms with Gasteiger partial charge < -0.3 is 37.9 Å². The standard InChI is InChI=1S/C60H86N2O11Si/c1-14-15-19-30-44(62(56(67)69-41-43-28-20-16-21-29-43)36-26-27-38-70-74(60(11,12)13,47-31-22-17-23-32-47)48-33-24-18-25-34-48)39-45-40-46(63)35-37-61(45)52-51(73-55(66)59(8,9)10)50(72-54(65)58(5,6)7)49(42-68-52)71-53(64)57(2,3)4/h16-18,20-25,28-29,31-35,37,44-45,49-52H,14-15,19,26-27,30,36,38-42H2,1-13H3/t44-,45-,49-,50?,51?,52+/m1/s1. The van der Waals surface area contributed by atoms with Crippen LogP contribution in [0, 0.1) is 16.2 Å². The first-order valence-electron chi connectivity index (χ1n) is 26.7. The van der Waals surface area contributed by atoms with Gasteiger partial charge in [-0.1, -0.05) is 138 Å². The van der Waals surface area contributed by atoms with E-state index in [1.54, 1.807) is 68.5 Å². The molecule has 0 spiro atoms. The van der Waals surface area contributed by atoms with E-state index in [1.807, 2.05) is 52.3 Å². The van der Waals surface area contributed by atoms with Crippen molar-refractivity contribution in [3.05, 3.63) is 109 Å². The summed E-state index contributed by atoms with van der Waals surface area (Å²) in [5.41, 5.74) is -2.01. The van der Waals surface area contributed by atoms with Crippen molar-refractivity contribution in [3.63, 3.8) is 0 Å². The zero-order valence-corrected chi connectivity index (χ0v) is 47.6. The van der Waals surface area contributed by atoms with Crippen LogP contribution in [0.4, 0.5) is 4.79 Å². The topological polar surface area (TPSA) is 147 Å². The molecule has 1 amide bonds. The molecule has 2 aliphatic rings. The monoisotopic (exact) mass is 1040 g/mol. The van der Waals surface area contributed by atoms with Gasteiger partial charge >= 0.3 is 24.0 Å². The third kappa shape index (κ3) is 15.9. The number of ether oxygens (including phenoxy) is 5. The zero-order chi connectivity index (χ0) is 54.5. The zero-order valence-electron chi connectivity index (χ0n) is 46.6. The maximum Gasteiger partial charge on any atom is 0.410 e. The molecular formula is C60H86N2O11Si. The van der Waals surface area contributed by atoms with Gasteiger partial charge in [0.2, 0.25) is 0 Å². The number of amides is 1. The Labute approximate surface area is 443 Å². The van der Waals surface area contributed by atoms with Crippen molar-refractivity contribution in [1.29, 1.82) is 0 Å². The number of rotatable bonds is 21. The molecule has 5 rings (SSSR count). The number of carbonyl (C=O) groups is 5. The molecule has 1 saturated heterocycles. The Kier molecular flexibility index (Phi) is 20.9. The highest BCUT2D eigenvalue weighted by molar-refractivity contribution is 6.99. The third-order valence-electron chi connectivity index (χ3n) is 13.7. The molecule has 13 nitrogen and oxygen atoms in total. The molecule has 0 aliphatic carbocycles. The lowest BCUT2D eigenvalue weighted by molar-refractivity contribution is -0.256. The lowest BCUT2D eigenvalue weighted by Gasteiger charge is -2.49. The Bertz CT molecular complexity index is 2280. The number of benzene rings is 3. The number of allylic oxidation sites excluding steroid dienone is 1. The highest BCUT2D eigenvalue weighted by Crippen LogP contribution is 2.38. The fourth-order valence-corrected chi connectivity index (χ4v) is 14.0. The summed E-state index contributed by atoms with van der Waals surface area (Å²) in [6, 6.07) is 29.7. The van der Waals surface area contributed by atoms with Gasteiger partial charge in [-0.05, 0) is 115 Å². The Hall–Kier alpha value is -5.31. The van der Waals surface area contributed by atoms with Crippen molar-refractivity contribution in [1.82, 2.24) is 9.80 Å². The third-order valence-corrected chi connectivity index (χ3v) is 18.7. The van der Waals surface area contributed by atoms with E-state index in [9.17, 15) is 24.0 Å². The summed E-state index contributed by atoms with van der Waals surface area (Å²) in [4.78, 5) is 73.3. The van der Waals surface area contributed by atoms with Crippen LogP contribution in [0.25, 0.3) is 0 Å². The maximum atomic E-state index is 14.7. The van der Waals surface area contributed by atoms with Crippen molar-refractivity contribution in [2.24, 2.45) is 16.2 Å². The predicted octanol–water partition coefficient (Wildman–Crippen LogP) is 10.7. The quantitative estimate of drug-likeness (QED) is 0.0433. The average molecular weight is 1040 g/mol. The Morgan fingerprint density at radius 3 is 1.74 bits per heavy atom. The van der Waals surface area contributed by atoms with Crippen molar-refractivity contribution in [2.45, 2.75) is 190 Å². The van der Waals surface area contributed by atoms with Crippen LogP contribution in [0.3, 0.4) is 0 Å². The van der Waals surface area contributed by atoms with Gasteiger partial charge in [0.05, 0.1) is 22.9 Å². The Balaban J connectivity index is 1.51. The van der Waals surface area contributed by atoms with Gasteiger partial charge in [0.25, 0.3) is 8.32 Å². The number of hydrogen-bond donors (Lipinski definition) is 0. The summed E-state index contributed by atoms with van der Waals surface area (Å²) in [6.45, 7) is 25.1. The van der Waals surface area contributed by atoms with Gasteiger partial charge in [0, 0.05) is 37.9 Å². The molecule has 0 aromatic heterocycles. The lowest BCUT2D eigenvalue weighted by Crippen LogP contribution is -2.66. The van der Waals surface area contributed by atoms with Crippen LogP contribution in [-0.2, 0) is 53.9 Å². The van der Waals surface area contributed by atoms with Crippen LogP contribution in [0.5, 0.6) is 0 Å². The summed E-state index contributed by atoms with van der Waals surface area (Å²) >= 11 is 0. The molecule has 0 bridgehead atoms. The van der Waals surface area contributed by atoms with Gasteiger partial charge in [-0.25, -0.2) is 4.79 Å². The summed E-state index contributed by atoms with van der Waals surface area (Å²) in [6.07, 6.45) is 2.83. The summed E-state index contributed by atoms with van der Waals surface area (Å²) in [5.74, 6) is -1.85. The molecule has 74 heavy (non-hydrogen) atoms. The SMILES string of the molecule is CCCCC[C@H](C[C@@H]1CC(=O)C=CN1[C@H]1OC[C@@H](OC(=O)C(C)(C)C)C(OC(=O)C(C)(C)C)C1OC(=O)C(C)(C)C)N(CCCCO[Si](c1ccccc1)(c1ccccc1)C(C)(C)C)C(=O)OCc1ccccc1. The number of hydrogen-bond acceptors (Lipinski definition) is 12. The maximum absolute atomic E-state index is 14.7. The summed E-state index contributed by atoms with van der Waals surface area (Å²) in [7, 11) is -2.82. The van der Waals surface area contributed by atoms with Gasteiger partial charge in [-0.15, -0.1) is 0 Å². The largest absolute Gasteiger partial charge is 0.455 e. The van der Waals surface area contributed by atoms with Crippen LogP contribution >= 0.6 is 0 Å². The van der Waals surface area contributed by atoms with Crippen LogP contribution in [0.2, 0.25) is 5.04 Å². The minimum Gasteiger partial charge on any atom is -0.455 e. The minimum absolute atomic E-state index is 0.0642. The van der Waals surface area contributed by atoms with Crippen LogP contribution in [0.15, 0.2) is 103 Å². The first-order chi connectivity index (χ1) is 34.8. The van der Waals surface area contributed by atoms with E-state index >= 15 is 0 Å². The van der Waals surface area contributed by atoms with Crippen LogP contribution in [0.1, 0.15) is 147 Å². The molecule has 2 heterocycles. The van der Waals surface area contributed by atoms with E-state index < -0.39 is 85.2 Å². The molecule has 406 valence electrons. The smallest absolute Gasteiger partial charge is 0.410 e. The molecule has 3 aromatic carbocycles. The first-order valence-corrected chi connectivity index (χ1v) is 28.6. The predicted molar refractivity (Wildman–Crippen MR) is 291 cm³/mol. The second kappa shape index (κ2) is 26.0. The fraction of sp³-hybridized carbons (Fsp3) is 0.583. The lowest BCUT2D eigenvalue weighted by atomic mass is 9.91. The molecule has 2 aliphatic heterocycles.